The van der Waals surface area contributed by atoms with Crippen molar-refractivity contribution in [1.29, 1.82) is 0 Å². The number of hydrogen-bond acceptors (Lipinski definition) is 3. The van der Waals surface area contributed by atoms with Crippen LogP contribution in [0.4, 0.5) is 10.5 Å². The monoisotopic (exact) mass is 338 g/mol. The van der Waals surface area contributed by atoms with Crippen molar-refractivity contribution in [2.24, 2.45) is 0 Å². The molecule has 2 aromatic rings. The van der Waals surface area contributed by atoms with Gasteiger partial charge in [0.05, 0.1) is 0 Å². The molecule has 0 bridgehead atoms. The van der Waals surface area contributed by atoms with Crippen LogP contribution < -0.4 is 16.0 Å². The van der Waals surface area contributed by atoms with E-state index < -0.39 is 11.9 Å². The van der Waals surface area contributed by atoms with Gasteiger partial charge in [0.15, 0.2) is 0 Å². The summed E-state index contributed by atoms with van der Waals surface area (Å²) in [5, 5.41) is 7.40. The smallest absolute Gasteiger partial charge is 0.326 e. The molecule has 0 aliphatic carbocycles. The van der Waals surface area contributed by atoms with E-state index in [0.29, 0.717) is 0 Å². The molecule has 7 nitrogen and oxygen atoms in total. The second kappa shape index (κ2) is 6.27. The average molecular weight is 338 g/mol. The number of hydrogen-bond donors (Lipinski definition) is 3. The Hall–Kier alpha value is -3.35. The molecule has 1 aromatic carbocycles. The van der Waals surface area contributed by atoms with Gasteiger partial charge in [0.2, 0.25) is 5.91 Å². The lowest BCUT2D eigenvalue weighted by atomic mass is 10.2. The highest BCUT2D eigenvalue weighted by Gasteiger charge is 2.23. The van der Waals surface area contributed by atoms with Crippen molar-refractivity contribution in [1.82, 2.24) is 15.2 Å². The molecule has 0 spiro atoms. The third-order valence-electron chi connectivity index (χ3n) is 3.94. The first-order chi connectivity index (χ1) is 11.8. The lowest BCUT2D eigenvalue weighted by Gasteiger charge is -2.11. The molecule has 1 saturated heterocycles. The van der Waals surface area contributed by atoms with Crippen LogP contribution in [0.1, 0.15) is 23.9 Å². The number of carbonyl (C=O) groups excluding carboxylic acids is 3. The van der Waals surface area contributed by atoms with E-state index in [2.05, 4.69) is 16.0 Å². The zero-order valence-electron chi connectivity index (χ0n) is 14.1. The third-order valence-corrected chi connectivity index (χ3v) is 3.94. The number of aromatic nitrogens is 1. The van der Waals surface area contributed by atoms with E-state index in [1.54, 1.807) is 6.08 Å². The van der Waals surface area contributed by atoms with Gasteiger partial charge >= 0.3 is 6.03 Å². The number of nitrogens with zero attached hydrogens (tertiary/aromatic N) is 1. The van der Waals surface area contributed by atoms with Gasteiger partial charge in [-0.15, -0.1) is 0 Å². The van der Waals surface area contributed by atoms with E-state index >= 15 is 0 Å². The molecule has 3 N–H and O–H groups in total. The van der Waals surface area contributed by atoms with Gasteiger partial charge in [-0.3, -0.25) is 14.9 Å². The molecule has 2 heterocycles. The molecule has 0 atom stereocenters. The topological polar surface area (TPSA) is 92.2 Å². The SMILES string of the molecule is CC(=O)Nc1ccc(-n2c(C)cc(/C=C3\NC(=O)NC3=O)c2C)cc1. The predicted octanol–water partition coefficient (Wildman–Crippen LogP) is 2.23. The first-order valence-corrected chi connectivity index (χ1v) is 7.76. The highest BCUT2D eigenvalue weighted by atomic mass is 16.2. The molecule has 1 aliphatic heterocycles. The molecule has 25 heavy (non-hydrogen) atoms. The number of rotatable bonds is 3. The van der Waals surface area contributed by atoms with Gasteiger partial charge < -0.3 is 15.2 Å². The maximum Gasteiger partial charge on any atom is 0.326 e. The fraction of sp³-hybridized carbons (Fsp3) is 0.167. The van der Waals surface area contributed by atoms with Crippen molar-refractivity contribution in [3.8, 4) is 5.69 Å². The molecule has 0 saturated carbocycles. The second-order valence-corrected chi connectivity index (χ2v) is 5.86. The summed E-state index contributed by atoms with van der Waals surface area (Å²) in [7, 11) is 0. The summed E-state index contributed by atoms with van der Waals surface area (Å²) in [5.41, 5.74) is 4.66. The molecule has 0 radical (unpaired) electrons. The molecule has 1 fully saturated rings. The molecule has 3 rings (SSSR count). The molecule has 128 valence electrons. The Labute approximate surface area is 144 Å². The van der Waals surface area contributed by atoms with Crippen molar-refractivity contribution < 1.29 is 14.4 Å². The van der Waals surface area contributed by atoms with E-state index in [-0.39, 0.29) is 11.6 Å². The fourth-order valence-electron chi connectivity index (χ4n) is 2.87. The molecular weight excluding hydrogens is 320 g/mol. The average Bonchev–Trinajstić information content (AvgIpc) is 2.99. The van der Waals surface area contributed by atoms with Crippen LogP contribution in [0, 0.1) is 13.8 Å². The normalized spacial score (nSPS) is 15.2. The number of imide groups is 1. The van der Waals surface area contributed by atoms with Gasteiger partial charge in [0.25, 0.3) is 5.91 Å². The van der Waals surface area contributed by atoms with Crippen LogP contribution in [0.15, 0.2) is 36.0 Å². The highest BCUT2D eigenvalue weighted by molar-refractivity contribution is 6.14. The van der Waals surface area contributed by atoms with E-state index in [4.69, 9.17) is 0 Å². The predicted molar refractivity (Wildman–Crippen MR) is 94.2 cm³/mol. The Bertz CT molecular complexity index is 907. The molecule has 0 unspecified atom stereocenters. The maximum absolute atomic E-state index is 11.7. The largest absolute Gasteiger partial charge is 0.326 e. The van der Waals surface area contributed by atoms with Gasteiger partial charge in [-0.1, -0.05) is 0 Å². The third kappa shape index (κ3) is 3.30. The number of benzene rings is 1. The number of aryl methyl sites for hydroxylation is 1. The number of anilines is 1. The highest BCUT2D eigenvalue weighted by Crippen LogP contribution is 2.24. The number of amides is 4. The maximum atomic E-state index is 11.7. The van der Waals surface area contributed by atoms with Gasteiger partial charge in [-0.05, 0) is 55.8 Å². The van der Waals surface area contributed by atoms with E-state index in [0.717, 1.165) is 28.3 Å². The summed E-state index contributed by atoms with van der Waals surface area (Å²) in [6.45, 7) is 5.37. The Kier molecular flexibility index (Phi) is 4.14. The van der Waals surface area contributed by atoms with E-state index in [1.807, 2.05) is 48.7 Å². The minimum Gasteiger partial charge on any atom is -0.326 e. The van der Waals surface area contributed by atoms with Gasteiger partial charge in [-0.25, -0.2) is 4.79 Å². The molecule has 7 heteroatoms. The Morgan fingerprint density at radius 3 is 2.36 bits per heavy atom. The first-order valence-electron chi connectivity index (χ1n) is 7.76. The van der Waals surface area contributed by atoms with Crippen LogP contribution in [0.5, 0.6) is 0 Å². The molecular formula is C18H18N4O3. The van der Waals surface area contributed by atoms with Crippen LogP contribution in [0.3, 0.4) is 0 Å². The minimum absolute atomic E-state index is 0.119. The molecule has 1 aliphatic rings. The van der Waals surface area contributed by atoms with Crippen molar-refractivity contribution in [3.63, 3.8) is 0 Å². The zero-order chi connectivity index (χ0) is 18.1. The van der Waals surface area contributed by atoms with E-state index in [9.17, 15) is 14.4 Å². The molecule has 1 aromatic heterocycles. The van der Waals surface area contributed by atoms with Gasteiger partial charge in [0.1, 0.15) is 5.70 Å². The van der Waals surface area contributed by atoms with Crippen molar-refractivity contribution in [2.75, 3.05) is 5.32 Å². The zero-order valence-corrected chi connectivity index (χ0v) is 14.1. The van der Waals surface area contributed by atoms with Crippen molar-refractivity contribution >= 4 is 29.6 Å². The van der Waals surface area contributed by atoms with Crippen LogP contribution >= 0.6 is 0 Å². The lowest BCUT2D eigenvalue weighted by molar-refractivity contribution is -0.116. The summed E-state index contributed by atoms with van der Waals surface area (Å²) in [4.78, 5) is 34.0. The van der Waals surface area contributed by atoms with Crippen molar-refractivity contribution in [2.45, 2.75) is 20.8 Å². The summed E-state index contributed by atoms with van der Waals surface area (Å²) < 4.78 is 2.04. The Morgan fingerprint density at radius 1 is 1.12 bits per heavy atom. The molecule has 4 amide bonds. The van der Waals surface area contributed by atoms with Crippen LogP contribution in [-0.2, 0) is 9.59 Å². The first kappa shape index (κ1) is 16.5. The number of carbonyl (C=O) groups is 3. The standard InChI is InChI=1S/C18H18N4O3/c1-10-8-13(9-16-17(24)21-18(25)20-16)11(2)22(10)15-6-4-14(5-7-15)19-12(3)23/h4-9H,1-3H3,(H,19,23)(H2,20,21,24,25)/b16-9-. The van der Waals surface area contributed by atoms with Crippen LogP contribution in [0.2, 0.25) is 0 Å². The summed E-state index contributed by atoms with van der Waals surface area (Å²) in [5.74, 6) is -0.554. The number of urea groups is 1. The van der Waals surface area contributed by atoms with Crippen LogP contribution in [0.25, 0.3) is 11.8 Å². The van der Waals surface area contributed by atoms with E-state index in [1.165, 1.54) is 6.92 Å². The van der Waals surface area contributed by atoms with Crippen molar-refractivity contribution in [3.05, 3.63) is 53.0 Å². The Balaban J connectivity index is 1.95. The lowest BCUT2D eigenvalue weighted by Crippen LogP contribution is -2.22. The Morgan fingerprint density at radius 2 is 1.80 bits per heavy atom. The fourth-order valence-corrected chi connectivity index (χ4v) is 2.87. The van der Waals surface area contributed by atoms with Gasteiger partial charge in [-0.2, -0.15) is 0 Å². The summed E-state index contributed by atoms with van der Waals surface area (Å²) >= 11 is 0. The second-order valence-electron chi connectivity index (χ2n) is 5.86. The minimum atomic E-state index is -0.515. The summed E-state index contributed by atoms with van der Waals surface area (Å²) in [6, 6.07) is 8.91. The summed E-state index contributed by atoms with van der Waals surface area (Å²) in [6.07, 6.45) is 1.66. The number of nitrogens with one attached hydrogen (secondary N) is 3. The van der Waals surface area contributed by atoms with Gasteiger partial charge in [0, 0.05) is 29.7 Å². The quantitative estimate of drug-likeness (QED) is 0.592. The van der Waals surface area contributed by atoms with Crippen LogP contribution in [-0.4, -0.2) is 22.4 Å².